The van der Waals surface area contributed by atoms with Gasteiger partial charge in [-0.15, -0.1) is 0 Å². The van der Waals surface area contributed by atoms with Crippen LogP contribution in [-0.2, 0) is 0 Å². The maximum Gasteiger partial charge on any atom is 0.0979 e. The Balaban J connectivity index is 1.10. The number of hydrogen-bond donors (Lipinski definition) is 0. The third kappa shape index (κ3) is 4.70. The van der Waals surface area contributed by atoms with E-state index in [9.17, 15) is 0 Å². The second-order valence-electron chi connectivity index (χ2n) is 15.7. The zero-order chi connectivity index (χ0) is 38.6. The van der Waals surface area contributed by atoms with E-state index in [2.05, 4.69) is 193 Å². The highest BCUT2D eigenvalue weighted by Crippen LogP contribution is 2.44. The molecule has 11 aromatic carbocycles. The summed E-state index contributed by atoms with van der Waals surface area (Å²) in [6.07, 6.45) is 0. The lowest BCUT2D eigenvalue weighted by atomic mass is 9.91. The Hall–Kier alpha value is -7.88. The Morgan fingerprint density at radius 1 is 0.305 bits per heavy atom. The smallest absolute Gasteiger partial charge is 0.0979 e. The lowest BCUT2D eigenvalue weighted by molar-refractivity contribution is 1.20. The first-order valence-corrected chi connectivity index (χ1v) is 20.2. The summed E-state index contributed by atoms with van der Waals surface area (Å²) in [5.74, 6) is 0. The van der Waals surface area contributed by atoms with E-state index in [1.807, 2.05) is 12.1 Å². The molecule has 0 radical (unpaired) electrons. The number of nitrogens with zero attached hydrogens (tertiary/aromatic N) is 3. The highest BCUT2D eigenvalue weighted by Gasteiger charge is 2.21. The van der Waals surface area contributed by atoms with E-state index in [-0.39, 0.29) is 0 Å². The number of benzene rings is 11. The first kappa shape index (κ1) is 32.2. The van der Waals surface area contributed by atoms with Crippen molar-refractivity contribution >= 4 is 97.5 Å². The Kier molecular flexibility index (Phi) is 6.72. The summed E-state index contributed by atoms with van der Waals surface area (Å²) < 4.78 is 2.47. The molecule has 2 heterocycles. The van der Waals surface area contributed by atoms with Crippen LogP contribution in [0.2, 0.25) is 0 Å². The van der Waals surface area contributed by atoms with E-state index in [0.717, 1.165) is 50.0 Å². The third-order valence-corrected chi connectivity index (χ3v) is 12.5. The predicted octanol–water partition coefficient (Wildman–Crippen LogP) is 15.0. The van der Waals surface area contributed by atoms with E-state index in [1.54, 1.807) is 0 Å². The first-order chi connectivity index (χ1) is 29.3. The van der Waals surface area contributed by atoms with Crippen LogP contribution in [0.25, 0.3) is 126 Å². The molecule has 272 valence electrons. The number of rotatable bonds is 3. The quantitative estimate of drug-likeness (QED) is 0.169. The maximum atomic E-state index is 5.46. The minimum Gasteiger partial charge on any atom is -0.309 e. The molecule has 0 aliphatic heterocycles. The van der Waals surface area contributed by atoms with Gasteiger partial charge in [-0.25, -0.2) is 9.97 Å². The third-order valence-electron chi connectivity index (χ3n) is 12.5. The standard InChI is InChI=1S/C56H33N3/c1-2-15-36-33-53-48(31-35(36)14-1)54-38-16-4-3-13-34(38)26-29-52(54)59(53)51-30-28-46(43-21-9-10-22-45(43)51)56-55(57-49-23-11-12-24-50(49)58-56)37-25-27-44-41-19-6-5-17-39(41)40-18-7-8-20-42(40)47(44)32-37/h1-33H. The molecule has 0 unspecified atom stereocenters. The van der Waals surface area contributed by atoms with Crippen LogP contribution in [0.5, 0.6) is 0 Å². The molecule has 0 amide bonds. The molecular weight excluding hydrogens is 715 g/mol. The Morgan fingerprint density at radius 3 is 1.56 bits per heavy atom. The lowest BCUT2D eigenvalue weighted by Crippen LogP contribution is -1.99. The van der Waals surface area contributed by atoms with Crippen molar-refractivity contribution in [1.29, 1.82) is 0 Å². The van der Waals surface area contributed by atoms with Gasteiger partial charge in [0.1, 0.15) is 0 Å². The van der Waals surface area contributed by atoms with Crippen molar-refractivity contribution in [2.75, 3.05) is 0 Å². The van der Waals surface area contributed by atoms with Crippen LogP contribution < -0.4 is 0 Å². The predicted molar refractivity (Wildman–Crippen MR) is 250 cm³/mol. The summed E-state index contributed by atoms with van der Waals surface area (Å²) in [6, 6.07) is 72.6. The summed E-state index contributed by atoms with van der Waals surface area (Å²) in [6.45, 7) is 0. The van der Waals surface area contributed by atoms with Crippen LogP contribution in [0, 0.1) is 0 Å². The van der Waals surface area contributed by atoms with Crippen LogP contribution >= 0.6 is 0 Å². The molecule has 0 atom stereocenters. The minimum atomic E-state index is 0.870. The molecule has 0 saturated carbocycles. The number of para-hydroxylation sites is 2. The fourth-order valence-corrected chi connectivity index (χ4v) is 9.86. The van der Waals surface area contributed by atoms with E-state index in [0.29, 0.717) is 0 Å². The van der Waals surface area contributed by atoms with Gasteiger partial charge in [-0.1, -0.05) is 152 Å². The Morgan fingerprint density at radius 2 is 0.847 bits per heavy atom. The number of aromatic nitrogens is 3. The molecule has 2 aromatic heterocycles. The summed E-state index contributed by atoms with van der Waals surface area (Å²) in [7, 11) is 0. The van der Waals surface area contributed by atoms with Crippen molar-refractivity contribution in [2.45, 2.75) is 0 Å². The van der Waals surface area contributed by atoms with Crippen molar-refractivity contribution in [3.05, 3.63) is 200 Å². The normalized spacial score (nSPS) is 12.1. The van der Waals surface area contributed by atoms with Crippen molar-refractivity contribution in [1.82, 2.24) is 14.5 Å². The monoisotopic (exact) mass is 747 g/mol. The molecule has 3 heteroatoms. The highest BCUT2D eigenvalue weighted by molar-refractivity contribution is 6.26. The summed E-state index contributed by atoms with van der Waals surface area (Å²) in [4.78, 5) is 10.9. The van der Waals surface area contributed by atoms with Gasteiger partial charge >= 0.3 is 0 Å². The molecule has 0 aliphatic carbocycles. The van der Waals surface area contributed by atoms with Gasteiger partial charge in [0.15, 0.2) is 0 Å². The summed E-state index contributed by atoms with van der Waals surface area (Å²) in [5.41, 5.74) is 9.10. The largest absolute Gasteiger partial charge is 0.309 e. The van der Waals surface area contributed by atoms with Crippen molar-refractivity contribution in [2.24, 2.45) is 0 Å². The topological polar surface area (TPSA) is 30.7 Å². The molecule has 0 N–H and O–H groups in total. The first-order valence-electron chi connectivity index (χ1n) is 20.2. The minimum absolute atomic E-state index is 0.870. The molecular formula is C56H33N3. The zero-order valence-electron chi connectivity index (χ0n) is 31.9. The summed E-state index contributed by atoms with van der Waals surface area (Å²) >= 11 is 0. The van der Waals surface area contributed by atoms with E-state index in [1.165, 1.54) is 75.7 Å². The maximum absolute atomic E-state index is 5.46. The Bertz CT molecular complexity index is 3880. The van der Waals surface area contributed by atoms with Gasteiger partial charge in [-0.2, -0.15) is 0 Å². The van der Waals surface area contributed by atoms with Crippen LogP contribution in [0.1, 0.15) is 0 Å². The van der Waals surface area contributed by atoms with Crippen molar-refractivity contribution in [3.63, 3.8) is 0 Å². The molecule has 0 aliphatic rings. The van der Waals surface area contributed by atoms with Gasteiger partial charge in [-0.3, -0.25) is 0 Å². The van der Waals surface area contributed by atoms with Crippen molar-refractivity contribution in [3.8, 4) is 28.2 Å². The molecule has 0 saturated heterocycles. The second-order valence-corrected chi connectivity index (χ2v) is 15.7. The van der Waals surface area contributed by atoms with Gasteiger partial charge in [0.25, 0.3) is 0 Å². The van der Waals surface area contributed by atoms with E-state index in [4.69, 9.17) is 9.97 Å². The zero-order valence-corrected chi connectivity index (χ0v) is 31.9. The molecule has 13 aromatic rings. The second kappa shape index (κ2) is 12.3. The SMILES string of the molecule is c1ccc2cc3c(cc2c1)c1c2ccccc2ccc1n3-c1ccc(-c2nc3ccccc3nc2-c2ccc3c4ccccc4c4ccccc4c3c2)c2ccccc12. The van der Waals surface area contributed by atoms with E-state index >= 15 is 0 Å². The molecule has 0 fully saturated rings. The van der Waals surface area contributed by atoms with Crippen molar-refractivity contribution < 1.29 is 0 Å². The van der Waals surface area contributed by atoms with Gasteiger partial charge in [-0.05, 0) is 108 Å². The van der Waals surface area contributed by atoms with Gasteiger partial charge in [0.05, 0.1) is 39.1 Å². The number of hydrogen-bond acceptors (Lipinski definition) is 2. The molecule has 59 heavy (non-hydrogen) atoms. The fraction of sp³-hybridized carbons (Fsp3) is 0. The molecule has 0 bridgehead atoms. The van der Waals surface area contributed by atoms with Gasteiger partial charge in [0.2, 0.25) is 0 Å². The van der Waals surface area contributed by atoms with Gasteiger partial charge in [0, 0.05) is 27.3 Å². The highest BCUT2D eigenvalue weighted by atomic mass is 15.0. The van der Waals surface area contributed by atoms with Crippen LogP contribution in [0.15, 0.2) is 200 Å². The van der Waals surface area contributed by atoms with Crippen LogP contribution in [-0.4, -0.2) is 14.5 Å². The lowest BCUT2D eigenvalue weighted by Gasteiger charge is -2.17. The van der Waals surface area contributed by atoms with Crippen LogP contribution in [0.4, 0.5) is 0 Å². The summed E-state index contributed by atoms with van der Waals surface area (Å²) in [5, 5.41) is 17.2. The molecule has 13 rings (SSSR count). The molecule has 3 nitrogen and oxygen atoms in total. The fourth-order valence-electron chi connectivity index (χ4n) is 9.86. The average Bonchev–Trinajstić information content (AvgIpc) is 3.63. The van der Waals surface area contributed by atoms with Gasteiger partial charge < -0.3 is 4.57 Å². The van der Waals surface area contributed by atoms with E-state index < -0.39 is 0 Å². The molecule has 0 spiro atoms. The Labute approximate surface area is 339 Å². The average molecular weight is 748 g/mol. The number of fused-ring (bicyclic) bond motifs is 14. The van der Waals surface area contributed by atoms with Crippen LogP contribution in [0.3, 0.4) is 0 Å².